The molecule has 6 rings (SSSR count). The molecular formula is C27H30N6O3. The second-order valence-electron chi connectivity index (χ2n) is 10.7. The third-order valence-electron chi connectivity index (χ3n) is 7.21. The summed E-state index contributed by atoms with van der Waals surface area (Å²) in [6.45, 7) is 7.75. The summed E-state index contributed by atoms with van der Waals surface area (Å²) in [6, 6.07) is 14.2. The number of H-pyrrole nitrogens is 1. The summed E-state index contributed by atoms with van der Waals surface area (Å²) >= 11 is 0. The Bertz CT molecular complexity index is 1430. The second-order valence-corrected chi connectivity index (χ2v) is 10.7. The van der Waals surface area contributed by atoms with Gasteiger partial charge in [0.05, 0.1) is 5.41 Å². The van der Waals surface area contributed by atoms with Crippen LogP contribution in [0.25, 0.3) is 10.9 Å². The van der Waals surface area contributed by atoms with Gasteiger partial charge in [0.25, 0.3) is 0 Å². The molecule has 0 spiro atoms. The van der Waals surface area contributed by atoms with Crippen molar-refractivity contribution in [3.05, 3.63) is 59.5 Å². The van der Waals surface area contributed by atoms with E-state index in [2.05, 4.69) is 69.5 Å². The average molecular weight is 487 g/mol. The molecule has 1 aliphatic carbocycles. The summed E-state index contributed by atoms with van der Waals surface area (Å²) < 4.78 is 13.3. The topological polar surface area (TPSA) is 107 Å². The van der Waals surface area contributed by atoms with Crippen molar-refractivity contribution in [1.29, 1.82) is 0 Å². The zero-order valence-corrected chi connectivity index (χ0v) is 20.8. The van der Waals surface area contributed by atoms with Crippen molar-refractivity contribution in [1.82, 2.24) is 25.2 Å². The average Bonchev–Trinajstić information content (AvgIpc) is 3.17. The fourth-order valence-corrected chi connectivity index (χ4v) is 5.11. The van der Waals surface area contributed by atoms with E-state index in [1.54, 1.807) is 0 Å². The summed E-state index contributed by atoms with van der Waals surface area (Å²) in [7, 11) is 0. The van der Waals surface area contributed by atoms with Gasteiger partial charge in [0.1, 0.15) is 0 Å². The largest absolute Gasteiger partial charge is 0.454 e. The Morgan fingerprint density at radius 1 is 1.11 bits per heavy atom. The predicted octanol–water partition coefficient (Wildman–Crippen LogP) is 4.48. The summed E-state index contributed by atoms with van der Waals surface area (Å²) in [5.41, 5.74) is 3.67. The molecule has 3 heterocycles. The third-order valence-corrected chi connectivity index (χ3v) is 7.21. The van der Waals surface area contributed by atoms with Gasteiger partial charge in [-0.1, -0.05) is 32.1 Å². The van der Waals surface area contributed by atoms with Gasteiger partial charge < -0.3 is 19.4 Å². The molecule has 186 valence electrons. The quantitative estimate of drug-likeness (QED) is 0.399. The lowest BCUT2D eigenvalue weighted by molar-refractivity contribution is -0.118. The summed E-state index contributed by atoms with van der Waals surface area (Å²) in [4.78, 5) is 13.4. The van der Waals surface area contributed by atoms with Crippen LogP contribution < -0.4 is 14.8 Å². The molecule has 1 aliphatic heterocycles. The molecule has 1 fully saturated rings. The smallest absolute Gasteiger partial charge is 0.235 e. The highest BCUT2D eigenvalue weighted by atomic mass is 16.7. The standard InChI is InChI=1S/C27H30N6O3/c1-26(2,3)23-14-17-13-19(7-8-20(17)33(23)12-4-5-24-29-31-32-30-24)28-25(34)27(10-11-27)18-6-9-21-22(15-18)36-16-35-21/h6-9,13-15H,4-5,10-12,16H2,1-3H3,(H,28,34)(H,29,30,31,32). The Morgan fingerprint density at radius 2 is 1.94 bits per heavy atom. The number of ether oxygens (including phenoxy) is 2. The minimum absolute atomic E-state index is 0.0218. The van der Waals surface area contributed by atoms with Crippen LogP contribution >= 0.6 is 0 Å². The number of hydrogen-bond donors (Lipinski definition) is 2. The molecule has 0 unspecified atom stereocenters. The number of aromatic nitrogens is 5. The molecule has 2 aromatic carbocycles. The van der Waals surface area contributed by atoms with Crippen molar-refractivity contribution >= 4 is 22.5 Å². The maximum absolute atomic E-state index is 13.4. The molecule has 2 aromatic heterocycles. The second kappa shape index (κ2) is 8.36. The minimum Gasteiger partial charge on any atom is -0.454 e. The van der Waals surface area contributed by atoms with Gasteiger partial charge in [-0.15, -0.1) is 10.2 Å². The van der Waals surface area contributed by atoms with Crippen LogP contribution in [0.5, 0.6) is 11.5 Å². The maximum Gasteiger partial charge on any atom is 0.235 e. The van der Waals surface area contributed by atoms with Crippen molar-refractivity contribution < 1.29 is 14.3 Å². The van der Waals surface area contributed by atoms with Crippen LogP contribution in [-0.4, -0.2) is 37.9 Å². The first-order chi connectivity index (χ1) is 17.3. The van der Waals surface area contributed by atoms with E-state index >= 15 is 0 Å². The van der Waals surface area contributed by atoms with Gasteiger partial charge >= 0.3 is 0 Å². The predicted molar refractivity (Wildman–Crippen MR) is 135 cm³/mol. The Balaban J connectivity index is 1.24. The number of fused-ring (bicyclic) bond motifs is 2. The number of aryl methyl sites for hydroxylation is 2. The first-order valence-electron chi connectivity index (χ1n) is 12.4. The first-order valence-corrected chi connectivity index (χ1v) is 12.4. The number of aromatic amines is 1. The SMILES string of the molecule is CC(C)(C)c1cc2cc(NC(=O)C3(c4ccc5c(c4)OCO5)CC3)ccc2n1CCCc1nn[nH]n1. The van der Waals surface area contributed by atoms with E-state index in [4.69, 9.17) is 9.47 Å². The van der Waals surface area contributed by atoms with Crippen LogP contribution in [0, 0.1) is 0 Å². The van der Waals surface area contributed by atoms with Gasteiger partial charge in [0.2, 0.25) is 12.7 Å². The maximum atomic E-state index is 13.4. The molecule has 2 aliphatic rings. The Hall–Kier alpha value is -3.88. The van der Waals surface area contributed by atoms with Gasteiger partial charge in [-0.25, -0.2) is 0 Å². The van der Waals surface area contributed by atoms with Gasteiger partial charge in [0, 0.05) is 40.7 Å². The minimum atomic E-state index is -0.506. The lowest BCUT2D eigenvalue weighted by Crippen LogP contribution is -2.27. The summed E-state index contributed by atoms with van der Waals surface area (Å²) in [6.07, 6.45) is 3.32. The van der Waals surface area contributed by atoms with Crippen LogP contribution in [0.15, 0.2) is 42.5 Å². The number of nitrogens with one attached hydrogen (secondary N) is 2. The number of carbonyl (C=O) groups excluding carboxylic acids is 1. The highest BCUT2D eigenvalue weighted by molar-refractivity contribution is 6.02. The molecule has 9 heteroatoms. The molecule has 0 saturated heterocycles. The molecular weight excluding hydrogens is 456 g/mol. The molecule has 0 atom stereocenters. The van der Waals surface area contributed by atoms with Crippen LogP contribution in [-0.2, 0) is 28.6 Å². The van der Waals surface area contributed by atoms with Gasteiger partial charge in [-0.2, -0.15) is 5.21 Å². The molecule has 0 radical (unpaired) electrons. The van der Waals surface area contributed by atoms with E-state index in [0.717, 1.165) is 66.0 Å². The lowest BCUT2D eigenvalue weighted by atomic mass is 9.92. The molecule has 9 nitrogen and oxygen atoms in total. The Morgan fingerprint density at radius 3 is 2.69 bits per heavy atom. The molecule has 4 aromatic rings. The Labute approximate surface area is 209 Å². The number of carbonyl (C=O) groups is 1. The van der Waals surface area contributed by atoms with E-state index < -0.39 is 5.41 Å². The van der Waals surface area contributed by atoms with Crippen LogP contribution in [0.2, 0.25) is 0 Å². The van der Waals surface area contributed by atoms with E-state index in [1.807, 2.05) is 24.3 Å². The van der Waals surface area contributed by atoms with E-state index in [0.29, 0.717) is 5.75 Å². The van der Waals surface area contributed by atoms with Crippen LogP contribution in [0.1, 0.15) is 57.1 Å². The zero-order valence-electron chi connectivity index (χ0n) is 20.8. The van der Waals surface area contributed by atoms with Crippen molar-refractivity contribution in [2.45, 2.75) is 63.8 Å². The number of amides is 1. The van der Waals surface area contributed by atoms with Crippen molar-refractivity contribution in [2.24, 2.45) is 0 Å². The fraction of sp³-hybridized carbons (Fsp3) is 0.407. The third kappa shape index (κ3) is 3.98. The molecule has 1 saturated carbocycles. The van der Waals surface area contributed by atoms with Crippen LogP contribution in [0.4, 0.5) is 5.69 Å². The number of rotatable bonds is 7. The normalized spacial score (nSPS) is 15.9. The monoisotopic (exact) mass is 486 g/mol. The van der Waals surface area contributed by atoms with E-state index in [-0.39, 0.29) is 18.1 Å². The Kier molecular flexibility index (Phi) is 5.24. The lowest BCUT2D eigenvalue weighted by Gasteiger charge is -2.22. The first kappa shape index (κ1) is 22.6. The van der Waals surface area contributed by atoms with Crippen molar-refractivity contribution in [3.63, 3.8) is 0 Å². The van der Waals surface area contributed by atoms with Gasteiger partial charge in [-0.05, 0) is 61.2 Å². The number of hydrogen-bond acceptors (Lipinski definition) is 6. The summed E-state index contributed by atoms with van der Waals surface area (Å²) in [5.74, 6) is 2.20. The van der Waals surface area contributed by atoms with Gasteiger partial charge in [0.15, 0.2) is 17.3 Å². The molecule has 0 bridgehead atoms. The fourth-order valence-electron chi connectivity index (χ4n) is 5.11. The number of anilines is 1. The zero-order chi connectivity index (χ0) is 24.9. The van der Waals surface area contributed by atoms with Crippen LogP contribution in [0.3, 0.4) is 0 Å². The van der Waals surface area contributed by atoms with E-state index in [9.17, 15) is 4.79 Å². The van der Waals surface area contributed by atoms with E-state index in [1.165, 1.54) is 5.69 Å². The van der Waals surface area contributed by atoms with Crippen molar-refractivity contribution in [3.8, 4) is 11.5 Å². The van der Waals surface area contributed by atoms with Gasteiger partial charge in [-0.3, -0.25) is 4.79 Å². The number of tetrazole rings is 1. The highest BCUT2D eigenvalue weighted by Gasteiger charge is 2.51. The number of nitrogens with zero attached hydrogens (tertiary/aromatic N) is 4. The molecule has 1 amide bonds. The summed E-state index contributed by atoms with van der Waals surface area (Å²) in [5, 5.41) is 18.6. The number of benzene rings is 2. The van der Waals surface area contributed by atoms with Crippen molar-refractivity contribution in [2.75, 3.05) is 12.1 Å². The highest BCUT2D eigenvalue weighted by Crippen LogP contribution is 2.51. The molecule has 36 heavy (non-hydrogen) atoms. The molecule has 2 N–H and O–H groups in total.